The van der Waals surface area contributed by atoms with E-state index in [9.17, 15) is 8.42 Å². The first kappa shape index (κ1) is 15.9. The summed E-state index contributed by atoms with van der Waals surface area (Å²) in [7, 11) is -1.79. The molecule has 0 radical (unpaired) electrons. The van der Waals surface area contributed by atoms with Crippen LogP contribution >= 0.6 is 11.6 Å². The van der Waals surface area contributed by atoms with E-state index in [4.69, 9.17) is 16.3 Å². The normalized spacial score (nSPS) is 11.4. The molecule has 0 aromatic heterocycles. The van der Waals surface area contributed by atoms with Gasteiger partial charge in [0, 0.05) is 11.8 Å². The Hall–Kier alpha value is -1.52. The number of rotatable bonds is 4. The van der Waals surface area contributed by atoms with Gasteiger partial charge in [0.2, 0.25) is 0 Å². The second-order valence-electron chi connectivity index (χ2n) is 4.77. The minimum absolute atomic E-state index is 0.369. The molecule has 0 heterocycles. The third kappa shape index (κ3) is 3.22. The molecule has 5 heteroatoms. The van der Waals surface area contributed by atoms with Gasteiger partial charge in [0.25, 0.3) is 0 Å². The Balaban J connectivity index is 2.72. The highest BCUT2D eigenvalue weighted by atomic mass is 35.5. The van der Waals surface area contributed by atoms with E-state index in [0.717, 1.165) is 11.1 Å². The summed E-state index contributed by atoms with van der Waals surface area (Å²) in [6.45, 7) is 1.94. The Morgan fingerprint density at radius 1 is 1.19 bits per heavy atom. The van der Waals surface area contributed by atoms with Crippen molar-refractivity contribution in [1.82, 2.24) is 0 Å². The maximum atomic E-state index is 12.2. The van der Waals surface area contributed by atoms with Crippen LogP contribution in [0, 0.1) is 0 Å². The Morgan fingerprint density at radius 2 is 1.90 bits per heavy atom. The van der Waals surface area contributed by atoms with Crippen molar-refractivity contribution in [3.8, 4) is 16.9 Å². The molecule has 0 aliphatic heterocycles. The van der Waals surface area contributed by atoms with Crippen LogP contribution in [0.1, 0.15) is 12.5 Å². The third-order valence-corrected chi connectivity index (χ3v) is 4.83. The predicted molar refractivity (Wildman–Crippen MR) is 85.9 cm³/mol. The number of hydrogen-bond acceptors (Lipinski definition) is 3. The molecule has 0 aliphatic carbocycles. The van der Waals surface area contributed by atoms with Gasteiger partial charge in [0.15, 0.2) is 9.84 Å². The second kappa shape index (κ2) is 6.08. The fourth-order valence-electron chi connectivity index (χ4n) is 2.36. The lowest BCUT2D eigenvalue weighted by atomic mass is 10.0. The van der Waals surface area contributed by atoms with Crippen molar-refractivity contribution < 1.29 is 13.2 Å². The average molecular weight is 325 g/mol. The van der Waals surface area contributed by atoms with Crippen LogP contribution in [0.15, 0.2) is 41.3 Å². The van der Waals surface area contributed by atoms with E-state index in [-0.39, 0.29) is 0 Å². The van der Waals surface area contributed by atoms with E-state index < -0.39 is 9.84 Å². The van der Waals surface area contributed by atoms with Gasteiger partial charge in [-0.15, -0.1) is 0 Å². The molecule has 2 aromatic carbocycles. The molecular formula is C16H17ClO3S. The summed E-state index contributed by atoms with van der Waals surface area (Å²) >= 11 is 6.15. The standard InChI is InChI=1S/C16H17ClO3S/c1-4-11-6-5-7-13(16(11)21(3,18)19)12-8-9-15(20-2)14(17)10-12/h5-10H,4H2,1-3H3. The summed E-state index contributed by atoms with van der Waals surface area (Å²) in [4.78, 5) is 0.369. The molecule has 0 N–H and O–H groups in total. The Bertz CT molecular complexity index is 767. The largest absolute Gasteiger partial charge is 0.495 e. The molecular weight excluding hydrogens is 308 g/mol. The van der Waals surface area contributed by atoms with Crippen LogP contribution in [0.4, 0.5) is 0 Å². The maximum Gasteiger partial charge on any atom is 0.176 e. The van der Waals surface area contributed by atoms with Crippen molar-refractivity contribution in [2.75, 3.05) is 13.4 Å². The number of sulfone groups is 1. The first-order valence-corrected chi connectivity index (χ1v) is 8.81. The number of halogens is 1. The van der Waals surface area contributed by atoms with Gasteiger partial charge in [-0.2, -0.15) is 0 Å². The van der Waals surface area contributed by atoms with Crippen LogP contribution in [0.2, 0.25) is 5.02 Å². The van der Waals surface area contributed by atoms with Crippen molar-refractivity contribution in [3.63, 3.8) is 0 Å². The van der Waals surface area contributed by atoms with Gasteiger partial charge < -0.3 is 4.74 Å². The lowest BCUT2D eigenvalue weighted by Gasteiger charge is -2.13. The molecule has 0 bridgehead atoms. The Morgan fingerprint density at radius 3 is 2.43 bits per heavy atom. The summed E-state index contributed by atoms with van der Waals surface area (Å²) in [5, 5.41) is 0.455. The molecule has 2 aromatic rings. The Kier molecular flexibility index (Phi) is 4.59. The highest BCUT2D eigenvalue weighted by molar-refractivity contribution is 7.90. The van der Waals surface area contributed by atoms with Gasteiger partial charge in [-0.25, -0.2) is 8.42 Å². The van der Waals surface area contributed by atoms with Crippen molar-refractivity contribution in [1.29, 1.82) is 0 Å². The lowest BCUT2D eigenvalue weighted by molar-refractivity contribution is 0.415. The first-order valence-electron chi connectivity index (χ1n) is 6.54. The van der Waals surface area contributed by atoms with E-state index >= 15 is 0 Å². The van der Waals surface area contributed by atoms with Crippen LogP contribution in [0.3, 0.4) is 0 Å². The first-order chi connectivity index (χ1) is 9.88. The molecule has 112 valence electrons. The van der Waals surface area contributed by atoms with Gasteiger partial charge in [-0.05, 0) is 29.7 Å². The van der Waals surface area contributed by atoms with Crippen LogP contribution in [0.5, 0.6) is 5.75 Å². The van der Waals surface area contributed by atoms with E-state index in [1.165, 1.54) is 6.26 Å². The fraction of sp³-hybridized carbons (Fsp3) is 0.250. The van der Waals surface area contributed by atoms with Crippen molar-refractivity contribution in [2.45, 2.75) is 18.2 Å². The summed E-state index contributed by atoms with van der Waals surface area (Å²) in [5.74, 6) is 0.563. The molecule has 3 nitrogen and oxygen atoms in total. The molecule has 21 heavy (non-hydrogen) atoms. The molecule has 2 rings (SSSR count). The average Bonchev–Trinajstić information content (AvgIpc) is 2.45. The van der Waals surface area contributed by atoms with Crippen molar-refractivity contribution in [2.24, 2.45) is 0 Å². The molecule has 0 saturated heterocycles. The number of aryl methyl sites for hydroxylation is 1. The summed E-state index contributed by atoms with van der Waals surface area (Å²) < 4.78 is 29.4. The number of methoxy groups -OCH3 is 1. The van der Waals surface area contributed by atoms with Gasteiger partial charge in [0.05, 0.1) is 17.0 Å². The van der Waals surface area contributed by atoms with E-state index in [0.29, 0.717) is 27.7 Å². The van der Waals surface area contributed by atoms with Gasteiger partial charge in [-0.3, -0.25) is 0 Å². The lowest BCUT2D eigenvalue weighted by Crippen LogP contribution is -2.04. The molecule has 0 saturated carbocycles. The van der Waals surface area contributed by atoms with E-state index in [1.54, 1.807) is 25.3 Å². The topological polar surface area (TPSA) is 43.4 Å². The molecule has 0 fully saturated rings. The second-order valence-corrected chi connectivity index (χ2v) is 7.13. The summed E-state index contributed by atoms with van der Waals surface area (Å²) in [6.07, 6.45) is 1.89. The molecule has 0 amide bonds. The van der Waals surface area contributed by atoms with Crippen LogP contribution in [-0.2, 0) is 16.3 Å². The minimum Gasteiger partial charge on any atom is -0.495 e. The van der Waals surface area contributed by atoms with Gasteiger partial charge in [-0.1, -0.05) is 42.8 Å². The zero-order chi connectivity index (χ0) is 15.6. The van der Waals surface area contributed by atoms with Gasteiger partial charge >= 0.3 is 0 Å². The highest BCUT2D eigenvalue weighted by Crippen LogP contribution is 2.35. The minimum atomic E-state index is -3.33. The molecule has 0 aliphatic rings. The van der Waals surface area contributed by atoms with Crippen LogP contribution in [0.25, 0.3) is 11.1 Å². The van der Waals surface area contributed by atoms with Crippen LogP contribution in [-0.4, -0.2) is 21.8 Å². The number of ether oxygens (including phenoxy) is 1. The predicted octanol–water partition coefficient (Wildman–Crippen LogP) is 3.98. The fourth-order valence-corrected chi connectivity index (χ4v) is 3.89. The summed E-state index contributed by atoms with van der Waals surface area (Å²) in [5.41, 5.74) is 2.24. The number of hydrogen-bond donors (Lipinski definition) is 0. The number of benzene rings is 2. The van der Waals surface area contributed by atoms with Crippen LogP contribution < -0.4 is 4.74 Å². The smallest absolute Gasteiger partial charge is 0.176 e. The zero-order valence-corrected chi connectivity index (χ0v) is 13.8. The SMILES string of the molecule is CCc1cccc(-c2ccc(OC)c(Cl)c2)c1S(C)(=O)=O. The Labute approximate surface area is 130 Å². The quantitative estimate of drug-likeness (QED) is 0.854. The monoisotopic (exact) mass is 324 g/mol. The van der Waals surface area contributed by atoms with E-state index in [2.05, 4.69) is 0 Å². The maximum absolute atomic E-state index is 12.2. The highest BCUT2D eigenvalue weighted by Gasteiger charge is 2.19. The third-order valence-electron chi connectivity index (χ3n) is 3.31. The van der Waals surface area contributed by atoms with E-state index in [1.807, 2.05) is 25.1 Å². The van der Waals surface area contributed by atoms with Gasteiger partial charge in [0.1, 0.15) is 5.75 Å². The molecule has 0 unspecified atom stereocenters. The molecule has 0 atom stereocenters. The van der Waals surface area contributed by atoms with Crippen molar-refractivity contribution in [3.05, 3.63) is 47.0 Å². The van der Waals surface area contributed by atoms with Crippen molar-refractivity contribution >= 4 is 21.4 Å². The summed E-state index contributed by atoms with van der Waals surface area (Å²) in [6, 6.07) is 10.8. The zero-order valence-electron chi connectivity index (χ0n) is 12.2. The molecule has 0 spiro atoms.